The lowest BCUT2D eigenvalue weighted by atomic mass is 10.5. The summed E-state index contributed by atoms with van der Waals surface area (Å²) < 4.78 is 6.72. The number of hydrogen-bond acceptors (Lipinski definition) is 6. The average molecular weight is 252 g/mol. The van der Waals surface area contributed by atoms with Gasteiger partial charge < -0.3 is 4.74 Å². The second kappa shape index (κ2) is 5.13. The maximum absolute atomic E-state index is 11.5. The van der Waals surface area contributed by atoms with E-state index in [9.17, 15) is 4.79 Å². The molecule has 0 radical (unpaired) electrons. The van der Waals surface area contributed by atoms with E-state index in [0.29, 0.717) is 11.8 Å². The first-order chi connectivity index (χ1) is 8.22. The number of carbonyl (C=O) groups excluding carboxylic acids is 1. The van der Waals surface area contributed by atoms with Gasteiger partial charge in [0, 0.05) is 0 Å². The lowest BCUT2D eigenvalue weighted by molar-refractivity contribution is -0.142. The first kappa shape index (κ1) is 11.8. The van der Waals surface area contributed by atoms with Gasteiger partial charge in [-0.2, -0.15) is 5.10 Å². The van der Waals surface area contributed by atoms with Crippen molar-refractivity contribution in [2.45, 2.75) is 24.3 Å². The Balaban J connectivity index is 2.18. The van der Waals surface area contributed by atoms with Crippen LogP contribution in [0.1, 0.15) is 13.8 Å². The minimum Gasteiger partial charge on any atom is -0.465 e. The summed E-state index contributed by atoms with van der Waals surface area (Å²) in [6.45, 7) is 3.94. The van der Waals surface area contributed by atoms with Crippen molar-refractivity contribution in [3.8, 4) is 0 Å². The number of fused-ring (bicyclic) bond motifs is 1. The van der Waals surface area contributed by atoms with E-state index < -0.39 is 0 Å². The second-order valence-corrected chi connectivity index (χ2v) is 4.64. The first-order valence-corrected chi connectivity index (χ1v) is 6.07. The Kier molecular flexibility index (Phi) is 3.58. The van der Waals surface area contributed by atoms with Gasteiger partial charge in [-0.1, -0.05) is 11.8 Å². The molecule has 0 aliphatic carbocycles. The summed E-state index contributed by atoms with van der Waals surface area (Å²) >= 11 is 1.30. The van der Waals surface area contributed by atoms with Gasteiger partial charge in [-0.25, -0.2) is 4.98 Å². The molecule has 17 heavy (non-hydrogen) atoms. The summed E-state index contributed by atoms with van der Waals surface area (Å²) in [6, 6.07) is 0. The molecule has 0 saturated heterocycles. The molecular formula is C10H12N4O2S. The Morgan fingerprint density at radius 1 is 1.59 bits per heavy atom. The fraction of sp³-hybridized carbons (Fsp3) is 0.400. The average Bonchev–Trinajstić information content (AvgIpc) is 2.78. The highest BCUT2D eigenvalue weighted by Crippen LogP contribution is 2.22. The van der Waals surface area contributed by atoms with E-state index in [0.717, 1.165) is 5.52 Å². The van der Waals surface area contributed by atoms with Gasteiger partial charge in [-0.05, 0) is 13.8 Å². The van der Waals surface area contributed by atoms with E-state index >= 15 is 0 Å². The Bertz CT molecular complexity index is 528. The fourth-order valence-corrected chi connectivity index (χ4v) is 2.13. The SMILES string of the molecule is CCOC(=O)C(C)Sc1nncc2cncn12. The molecule has 2 aromatic heterocycles. The van der Waals surface area contributed by atoms with Crippen LogP contribution < -0.4 is 0 Å². The smallest absolute Gasteiger partial charge is 0.319 e. The zero-order valence-electron chi connectivity index (χ0n) is 9.53. The summed E-state index contributed by atoms with van der Waals surface area (Å²) in [6.07, 6.45) is 4.95. The van der Waals surface area contributed by atoms with Crippen LogP contribution in [0.4, 0.5) is 0 Å². The van der Waals surface area contributed by atoms with Crippen LogP contribution >= 0.6 is 11.8 Å². The molecule has 0 aliphatic rings. The molecule has 0 fully saturated rings. The number of rotatable bonds is 4. The number of imidazole rings is 1. The van der Waals surface area contributed by atoms with E-state index in [1.807, 2.05) is 0 Å². The molecule has 0 saturated carbocycles. The summed E-state index contributed by atoms with van der Waals surface area (Å²) in [4.78, 5) is 15.5. The number of nitrogens with zero attached hydrogens (tertiary/aromatic N) is 4. The number of ether oxygens (including phenoxy) is 1. The van der Waals surface area contributed by atoms with Crippen molar-refractivity contribution < 1.29 is 9.53 Å². The van der Waals surface area contributed by atoms with Gasteiger partial charge in [-0.15, -0.1) is 5.10 Å². The van der Waals surface area contributed by atoms with Gasteiger partial charge >= 0.3 is 5.97 Å². The highest BCUT2D eigenvalue weighted by Gasteiger charge is 2.18. The topological polar surface area (TPSA) is 69.4 Å². The predicted molar refractivity (Wildman–Crippen MR) is 62.7 cm³/mol. The maximum Gasteiger partial charge on any atom is 0.319 e. The molecule has 0 aliphatic heterocycles. The molecule has 2 rings (SSSR count). The fourth-order valence-electron chi connectivity index (χ4n) is 1.29. The minimum absolute atomic E-state index is 0.253. The summed E-state index contributed by atoms with van der Waals surface area (Å²) in [5, 5.41) is 8.15. The van der Waals surface area contributed by atoms with Crippen LogP contribution in [0.5, 0.6) is 0 Å². The molecule has 0 N–H and O–H groups in total. The van der Waals surface area contributed by atoms with Crippen molar-refractivity contribution >= 4 is 23.2 Å². The molecular weight excluding hydrogens is 240 g/mol. The van der Waals surface area contributed by atoms with Gasteiger partial charge in [0.25, 0.3) is 0 Å². The lowest BCUT2D eigenvalue weighted by Crippen LogP contribution is -2.17. The van der Waals surface area contributed by atoms with Crippen LogP contribution in [-0.4, -0.2) is 37.4 Å². The summed E-state index contributed by atoms with van der Waals surface area (Å²) in [5.41, 5.74) is 0.846. The standard InChI is InChI=1S/C10H12N4O2S/c1-3-16-9(15)7(2)17-10-13-12-5-8-4-11-6-14(8)10/h4-7H,3H2,1-2H3. The normalized spacial score (nSPS) is 12.6. The largest absolute Gasteiger partial charge is 0.465 e. The lowest BCUT2D eigenvalue weighted by Gasteiger charge is -2.09. The molecule has 0 bridgehead atoms. The van der Waals surface area contributed by atoms with Gasteiger partial charge in [0.2, 0.25) is 0 Å². The third-order valence-corrected chi connectivity index (χ3v) is 3.14. The van der Waals surface area contributed by atoms with E-state index in [4.69, 9.17) is 4.74 Å². The van der Waals surface area contributed by atoms with Crippen molar-refractivity contribution in [3.05, 3.63) is 18.7 Å². The van der Waals surface area contributed by atoms with Gasteiger partial charge in [-0.3, -0.25) is 9.20 Å². The first-order valence-electron chi connectivity index (χ1n) is 5.19. The molecule has 90 valence electrons. The van der Waals surface area contributed by atoms with E-state index in [2.05, 4.69) is 15.2 Å². The Hall–Kier alpha value is -1.63. The minimum atomic E-state index is -0.322. The number of esters is 1. The molecule has 1 atom stereocenters. The molecule has 0 amide bonds. The molecule has 0 aromatic carbocycles. The van der Waals surface area contributed by atoms with Crippen molar-refractivity contribution in [2.75, 3.05) is 6.61 Å². The third-order valence-electron chi connectivity index (χ3n) is 2.11. The summed E-state index contributed by atoms with van der Waals surface area (Å²) in [5.74, 6) is -0.253. The van der Waals surface area contributed by atoms with Crippen LogP contribution in [0.2, 0.25) is 0 Å². The highest BCUT2D eigenvalue weighted by molar-refractivity contribution is 8.00. The molecule has 2 heterocycles. The zero-order chi connectivity index (χ0) is 12.3. The van der Waals surface area contributed by atoms with Crippen molar-refractivity contribution in [2.24, 2.45) is 0 Å². The Morgan fingerprint density at radius 3 is 3.18 bits per heavy atom. The van der Waals surface area contributed by atoms with Crippen LogP contribution in [0.25, 0.3) is 5.52 Å². The van der Waals surface area contributed by atoms with Gasteiger partial charge in [0.15, 0.2) is 5.16 Å². The number of hydrogen-bond donors (Lipinski definition) is 0. The van der Waals surface area contributed by atoms with Crippen LogP contribution in [-0.2, 0) is 9.53 Å². The van der Waals surface area contributed by atoms with Crippen LogP contribution in [0.15, 0.2) is 23.9 Å². The van der Waals surface area contributed by atoms with Gasteiger partial charge in [0.1, 0.15) is 11.6 Å². The number of carbonyl (C=O) groups is 1. The van der Waals surface area contributed by atoms with Crippen LogP contribution in [0.3, 0.4) is 0 Å². The molecule has 6 nitrogen and oxygen atoms in total. The van der Waals surface area contributed by atoms with Crippen molar-refractivity contribution in [3.63, 3.8) is 0 Å². The monoisotopic (exact) mass is 252 g/mol. The number of thioether (sulfide) groups is 1. The summed E-state index contributed by atoms with van der Waals surface area (Å²) in [7, 11) is 0. The molecule has 2 aromatic rings. The van der Waals surface area contributed by atoms with E-state index in [-0.39, 0.29) is 11.2 Å². The Labute approximate surface area is 102 Å². The predicted octanol–water partition coefficient (Wildman–Crippen LogP) is 1.17. The van der Waals surface area contributed by atoms with E-state index in [1.54, 1.807) is 37.0 Å². The third kappa shape index (κ3) is 2.55. The maximum atomic E-state index is 11.5. The van der Waals surface area contributed by atoms with Crippen molar-refractivity contribution in [1.29, 1.82) is 0 Å². The van der Waals surface area contributed by atoms with Crippen LogP contribution in [0, 0.1) is 0 Å². The van der Waals surface area contributed by atoms with Crippen molar-refractivity contribution in [1.82, 2.24) is 19.6 Å². The second-order valence-electron chi connectivity index (χ2n) is 3.33. The quantitative estimate of drug-likeness (QED) is 0.601. The van der Waals surface area contributed by atoms with E-state index in [1.165, 1.54) is 11.8 Å². The molecule has 7 heteroatoms. The number of aromatic nitrogens is 4. The molecule has 0 spiro atoms. The van der Waals surface area contributed by atoms with Gasteiger partial charge in [0.05, 0.1) is 24.5 Å². The Morgan fingerprint density at radius 2 is 2.41 bits per heavy atom. The highest BCUT2D eigenvalue weighted by atomic mass is 32.2. The zero-order valence-corrected chi connectivity index (χ0v) is 10.3. The molecule has 1 unspecified atom stereocenters.